The molecule has 0 atom stereocenters. The first kappa shape index (κ1) is 20.8. The Kier molecular flexibility index (Phi) is 7.11. The molecule has 2 aromatic rings. The van der Waals surface area contributed by atoms with Gasteiger partial charge < -0.3 is 29.6 Å². The summed E-state index contributed by atoms with van der Waals surface area (Å²) in [6.45, 7) is 2.16. The average Bonchev–Trinajstić information content (AvgIpc) is 3.03. The number of fused-ring (bicyclic) bond motifs is 2. The number of anilines is 1. The van der Waals surface area contributed by atoms with Gasteiger partial charge in [-0.2, -0.15) is 0 Å². The van der Waals surface area contributed by atoms with Crippen molar-refractivity contribution in [2.45, 2.75) is 13.0 Å². The lowest BCUT2D eigenvalue weighted by Crippen LogP contribution is -2.30. The van der Waals surface area contributed by atoms with Crippen LogP contribution in [0.2, 0.25) is 0 Å². The van der Waals surface area contributed by atoms with E-state index in [1.807, 2.05) is 30.3 Å². The predicted molar refractivity (Wildman–Crippen MR) is 122 cm³/mol. The van der Waals surface area contributed by atoms with E-state index in [1.54, 1.807) is 7.05 Å². The van der Waals surface area contributed by atoms with E-state index >= 15 is 0 Å². The second kappa shape index (κ2) is 9.55. The summed E-state index contributed by atoms with van der Waals surface area (Å²) in [4.78, 5) is 4.28. The van der Waals surface area contributed by atoms with Crippen molar-refractivity contribution in [1.82, 2.24) is 5.32 Å². The Labute approximate surface area is 188 Å². The van der Waals surface area contributed by atoms with Gasteiger partial charge in [0.1, 0.15) is 0 Å². The number of aliphatic imine (C=N–C) groups is 1. The molecule has 2 aromatic carbocycles. The van der Waals surface area contributed by atoms with Crippen LogP contribution in [-0.2, 0) is 6.54 Å². The van der Waals surface area contributed by atoms with Crippen LogP contribution in [0.3, 0.4) is 0 Å². The van der Waals surface area contributed by atoms with E-state index in [2.05, 4.69) is 31.6 Å². The van der Waals surface area contributed by atoms with Gasteiger partial charge in [-0.25, -0.2) is 0 Å². The lowest BCUT2D eigenvalue weighted by molar-refractivity contribution is 0.173. The van der Waals surface area contributed by atoms with Gasteiger partial charge in [-0.3, -0.25) is 4.99 Å². The van der Waals surface area contributed by atoms with Gasteiger partial charge in [0.2, 0.25) is 6.79 Å². The first-order valence-corrected chi connectivity index (χ1v) is 9.47. The van der Waals surface area contributed by atoms with Gasteiger partial charge in [-0.05, 0) is 45.8 Å². The molecule has 0 bridgehead atoms. The Balaban J connectivity index is 0.00000225. The standard InChI is InChI=1S/C19H20BrN3O4.HI/c1-21-19(22-10-12-7-14(20)18-17(8-12)26-11-27-18)23-13-3-4-15-16(9-13)25-6-2-5-24-15;/h3-4,7-9H,2,5-6,10-11H2,1H3,(H2,21,22,23);1H. The zero-order chi connectivity index (χ0) is 18.6. The molecular formula is C19H21BrIN3O4. The van der Waals surface area contributed by atoms with Gasteiger partial charge in [0.25, 0.3) is 0 Å². The highest BCUT2D eigenvalue weighted by Gasteiger charge is 2.18. The average molecular weight is 562 g/mol. The molecule has 9 heteroatoms. The molecule has 4 rings (SSSR count). The Morgan fingerprint density at radius 3 is 2.68 bits per heavy atom. The van der Waals surface area contributed by atoms with Crippen molar-refractivity contribution in [2.75, 3.05) is 32.4 Å². The van der Waals surface area contributed by atoms with E-state index in [0.717, 1.165) is 45.1 Å². The third-order valence-corrected chi connectivity index (χ3v) is 4.77. The fourth-order valence-corrected chi connectivity index (χ4v) is 3.47. The largest absolute Gasteiger partial charge is 0.490 e. The first-order chi connectivity index (χ1) is 13.2. The molecule has 0 amide bonds. The van der Waals surface area contributed by atoms with Gasteiger partial charge >= 0.3 is 0 Å². The molecule has 28 heavy (non-hydrogen) atoms. The van der Waals surface area contributed by atoms with E-state index in [1.165, 1.54) is 0 Å². The summed E-state index contributed by atoms with van der Waals surface area (Å²) in [6, 6.07) is 9.73. The Hall–Kier alpha value is -1.88. The molecule has 0 unspecified atom stereocenters. The van der Waals surface area contributed by atoms with Crippen molar-refractivity contribution in [3.63, 3.8) is 0 Å². The highest BCUT2D eigenvalue weighted by molar-refractivity contribution is 14.0. The van der Waals surface area contributed by atoms with Crippen LogP contribution in [0.15, 0.2) is 39.8 Å². The maximum absolute atomic E-state index is 5.73. The minimum Gasteiger partial charge on any atom is -0.490 e. The molecule has 0 saturated carbocycles. The van der Waals surface area contributed by atoms with Crippen LogP contribution in [-0.4, -0.2) is 33.0 Å². The Morgan fingerprint density at radius 1 is 1.04 bits per heavy atom. The van der Waals surface area contributed by atoms with Crippen molar-refractivity contribution in [1.29, 1.82) is 0 Å². The zero-order valence-electron chi connectivity index (χ0n) is 15.3. The van der Waals surface area contributed by atoms with E-state index in [4.69, 9.17) is 18.9 Å². The molecule has 2 aliphatic rings. The number of hydrogen-bond acceptors (Lipinski definition) is 5. The molecule has 2 aliphatic heterocycles. The van der Waals surface area contributed by atoms with Crippen molar-refractivity contribution < 1.29 is 18.9 Å². The SMILES string of the molecule is CN=C(NCc1cc(Br)c2c(c1)OCO2)Nc1ccc2c(c1)OCCCO2.I. The summed E-state index contributed by atoms with van der Waals surface area (Å²) in [5.74, 6) is 3.65. The van der Waals surface area contributed by atoms with Crippen LogP contribution in [0, 0.1) is 0 Å². The fourth-order valence-electron chi connectivity index (χ4n) is 2.87. The maximum atomic E-state index is 5.73. The number of halogens is 2. The molecule has 0 radical (unpaired) electrons. The number of nitrogens with zero attached hydrogens (tertiary/aromatic N) is 1. The minimum atomic E-state index is 0. The third-order valence-electron chi connectivity index (χ3n) is 4.18. The Morgan fingerprint density at radius 2 is 1.86 bits per heavy atom. The number of nitrogens with one attached hydrogen (secondary N) is 2. The molecule has 0 spiro atoms. The molecule has 7 nitrogen and oxygen atoms in total. The highest BCUT2D eigenvalue weighted by atomic mass is 127. The van der Waals surface area contributed by atoms with Crippen LogP contribution >= 0.6 is 39.9 Å². The third kappa shape index (κ3) is 4.75. The molecule has 0 fully saturated rings. The lowest BCUT2D eigenvalue weighted by Gasteiger charge is -2.14. The van der Waals surface area contributed by atoms with Crippen LogP contribution < -0.4 is 29.6 Å². The molecular weight excluding hydrogens is 541 g/mol. The maximum Gasteiger partial charge on any atom is 0.231 e. The monoisotopic (exact) mass is 561 g/mol. The van der Waals surface area contributed by atoms with Crippen LogP contribution in [0.25, 0.3) is 0 Å². The molecule has 2 heterocycles. The summed E-state index contributed by atoms with van der Waals surface area (Å²) in [5, 5.41) is 6.57. The van der Waals surface area contributed by atoms with E-state index in [-0.39, 0.29) is 30.8 Å². The van der Waals surface area contributed by atoms with E-state index in [0.29, 0.717) is 25.7 Å². The number of benzene rings is 2. The van der Waals surface area contributed by atoms with Crippen molar-refractivity contribution >= 4 is 51.6 Å². The minimum absolute atomic E-state index is 0. The van der Waals surface area contributed by atoms with Crippen molar-refractivity contribution in [3.05, 3.63) is 40.4 Å². The molecule has 0 saturated heterocycles. The molecule has 0 aromatic heterocycles. The lowest BCUT2D eigenvalue weighted by atomic mass is 10.2. The number of guanidine groups is 1. The first-order valence-electron chi connectivity index (χ1n) is 8.68. The van der Waals surface area contributed by atoms with Gasteiger partial charge in [0.05, 0.1) is 17.7 Å². The molecule has 2 N–H and O–H groups in total. The van der Waals surface area contributed by atoms with Gasteiger partial charge in [0, 0.05) is 31.8 Å². The summed E-state index contributed by atoms with van der Waals surface area (Å²) in [6.07, 6.45) is 0.881. The number of hydrogen-bond donors (Lipinski definition) is 2. The van der Waals surface area contributed by atoms with Crippen molar-refractivity contribution in [2.24, 2.45) is 4.99 Å². The van der Waals surface area contributed by atoms with Crippen LogP contribution in [0.1, 0.15) is 12.0 Å². The predicted octanol–water partition coefficient (Wildman–Crippen LogP) is 4.14. The topological polar surface area (TPSA) is 73.3 Å². The van der Waals surface area contributed by atoms with Gasteiger partial charge in [-0.15, -0.1) is 24.0 Å². The fraction of sp³-hybridized carbons (Fsp3) is 0.316. The van der Waals surface area contributed by atoms with Gasteiger partial charge in [-0.1, -0.05) is 0 Å². The summed E-state index contributed by atoms with van der Waals surface area (Å²) >= 11 is 3.51. The smallest absolute Gasteiger partial charge is 0.231 e. The molecule has 150 valence electrons. The van der Waals surface area contributed by atoms with E-state index in [9.17, 15) is 0 Å². The second-order valence-corrected chi connectivity index (χ2v) is 6.93. The summed E-state index contributed by atoms with van der Waals surface area (Å²) in [5.41, 5.74) is 1.92. The van der Waals surface area contributed by atoms with Crippen LogP contribution in [0.4, 0.5) is 5.69 Å². The molecule has 0 aliphatic carbocycles. The second-order valence-electron chi connectivity index (χ2n) is 6.07. The summed E-state index contributed by atoms with van der Waals surface area (Å²) in [7, 11) is 1.73. The van der Waals surface area contributed by atoms with E-state index < -0.39 is 0 Å². The summed E-state index contributed by atoms with van der Waals surface area (Å²) < 4.78 is 23.1. The number of rotatable bonds is 3. The highest BCUT2D eigenvalue weighted by Crippen LogP contribution is 2.40. The zero-order valence-corrected chi connectivity index (χ0v) is 19.2. The number of ether oxygens (including phenoxy) is 4. The van der Waals surface area contributed by atoms with Crippen LogP contribution in [0.5, 0.6) is 23.0 Å². The Bertz CT molecular complexity index is 878. The van der Waals surface area contributed by atoms with Gasteiger partial charge in [0.15, 0.2) is 29.0 Å². The van der Waals surface area contributed by atoms with Crippen molar-refractivity contribution in [3.8, 4) is 23.0 Å². The quantitative estimate of drug-likeness (QED) is 0.333. The normalized spacial score (nSPS) is 14.7.